The van der Waals surface area contributed by atoms with Gasteiger partial charge in [-0.15, -0.1) is 0 Å². The molecule has 172 valence electrons. The molecule has 0 unspecified atom stereocenters. The summed E-state index contributed by atoms with van der Waals surface area (Å²) >= 11 is 0. The van der Waals surface area contributed by atoms with Gasteiger partial charge >= 0.3 is 6.09 Å². The van der Waals surface area contributed by atoms with Crippen LogP contribution in [-0.4, -0.2) is 48.4 Å². The molecule has 4 aromatic rings. The number of hydrogen-bond acceptors (Lipinski definition) is 6. The molecule has 9 heteroatoms. The van der Waals surface area contributed by atoms with Crippen molar-refractivity contribution in [3.63, 3.8) is 0 Å². The molecule has 5 rings (SSSR count). The number of amides is 2. The molecule has 0 aliphatic carbocycles. The Morgan fingerprint density at radius 1 is 1.15 bits per heavy atom. The van der Waals surface area contributed by atoms with Gasteiger partial charge in [-0.3, -0.25) is 9.59 Å². The summed E-state index contributed by atoms with van der Waals surface area (Å²) in [4.78, 5) is 46.3. The number of imidazole rings is 1. The molecular formula is C25H23N5O4. The van der Waals surface area contributed by atoms with Crippen LogP contribution >= 0.6 is 0 Å². The fraction of sp³-hybridized carbons (Fsp3) is 0.240. The van der Waals surface area contributed by atoms with Crippen LogP contribution in [-0.2, 0) is 11.3 Å². The first-order valence-corrected chi connectivity index (χ1v) is 10.8. The normalized spacial score (nSPS) is 13.4. The highest BCUT2D eigenvalue weighted by molar-refractivity contribution is 6.12. The van der Waals surface area contributed by atoms with Gasteiger partial charge in [0.15, 0.2) is 6.29 Å². The monoisotopic (exact) mass is 457 g/mol. The van der Waals surface area contributed by atoms with Gasteiger partial charge in [-0.05, 0) is 57.0 Å². The van der Waals surface area contributed by atoms with E-state index >= 15 is 0 Å². The molecule has 1 aliphatic heterocycles. The molecule has 4 heterocycles. The second kappa shape index (κ2) is 7.65. The van der Waals surface area contributed by atoms with Crippen molar-refractivity contribution < 1.29 is 19.1 Å². The third-order valence-corrected chi connectivity index (χ3v) is 5.71. The van der Waals surface area contributed by atoms with Gasteiger partial charge in [0.2, 0.25) is 0 Å². The van der Waals surface area contributed by atoms with Crippen molar-refractivity contribution in [1.82, 2.24) is 24.5 Å². The number of aromatic nitrogens is 4. The predicted molar refractivity (Wildman–Crippen MR) is 124 cm³/mol. The Bertz CT molecular complexity index is 1470. The molecule has 2 amide bonds. The van der Waals surface area contributed by atoms with E-state index in [4.69, 9.17) is 4.74 Å². The van der Waals surface area contributed by atoms with E-state index in [0.29, 0.717) is 34.5 Å². The first-order chi connectivity index (χ1) is 16.2. The van der Waals surface area contributed by atoms with E-state index in [1.165, 1.54) is 0 Å². The smallest absolute Gasteiger partial charge is 0.417 e. The first-order valence-electron chi connectivity index (χ1n) is 10.8. The predicted octanol–water partition coefficient (Wildman–Crippen LogP) is 4.40. The van der Waals surface area contributed by atoms with E-state index in [9.17, 15) is 14.4 Å². The van der Waals surface area contributed by atoms with Crippen LogP contribution in [0.5, 0.6) is 0 Å². The third-order valence-electron chi connectivity index (χ3n) is 5.71. The fourth-order valence-corrected chi connectivity index (χ4v) is 4.19. The lowest BCUT2D eigenvalue weighted by Gasteiger charge is -2.23. The van der Waals surface area contributed by atoms with Crippen molar-refractivity contribution in [2.24, 2.45) is 0 Å². The lowest BCUT2D eigenvalue weighted by molar-refractivity contribution is 0.0248. The summed E-state index contributed by atoms with van der Waals surface area (Å²) in [7, 11) is 0. The zero-order valence-electron chi connectivity index (χ0n) is 19.2. The summed E-state index contributed by atoms with van der Waals surface area (Å²) in [6, 6.07) is 9.42. The summed E-state index contributed by atoms with van der Waals surface area (Å²) in [6.07, 6.45) is 3.54. The SMILES string of the molecule is Cc1[nH]c(-c2ccc(-c3cnn4ccccc34)c3c2C(=O)N(C(=O)OC(C)(C)C)C3)nc1C=O. The topological polar surface area (TPSA) is 110 Å². The Morgan fingerprint density at radius 3 is 2.62 bits per heavy atom. The Kier molecular flexibility index (Phi) is 4.85. The molecule has 0 saturated carbocycles. The molecule has 0 saturated heterocycles. The van der Waals surface area contributed by atoms with Crippen LogP contribution in [0.3, 0.4) is 0 Å². The summed E-state index contributed by atoms with van der Waals surface area (Å²) in [5, 5.41) is 4.42. The number of imide groups is 1. The van der Waals surface area contributed by atoms with Crippen molar-refractivity contribution in [3.8, 4) is 22.5 Å². The van der Waals surface area contributed by atoms with Crippen LogP contribution in [0.4, 0.5) is 4.79 Å². The Labute approximate surface area is 195 Å². The highest BCUT2D eigenvalue weighted by atomic mass is 16.6. The number of aryl methyl sites for hydroxylation is 1. The van der Waals surface area contributed by atoms with Gasteiger partial charge in [0.05, 0.1) is 23.8 Å². The van der Waals surface area contributed by atoms with Crippen molar-refractivity contribution in [2.75, 3.05) is 0 Å². The van der Waals surface area contributed by atoms with E-state index in [1.54, 1.807) is 44.5 Å². The minimum absolute atomic E-state index is 0.0522. The molecule has 0 bridgehead atoms. The Balaban J connectivity index is 1.70. The summed E-state index contributed by atoms with van der Waals surface area (Å²) in [5.41, 5.74) is 4.16. The number of nitrogens with zero attached hydrogens (tertiary/aromatic N) is 4. The molecule has 0 radical (unpaired) electrons. The number of H-pyrrole nitrogens is 1. The summed E-state index contributed by atoms with van der Waals surface area (Å²) in [6.45, 7) is 7.04. The van der Waals surface area contributed by atoms with Gasteiger partial charge in [-0.1, -0.05) is 12.1 Å². The van der Waals surface area contributed by atoms with Gasteiger partial charge in [0.25, 0.3) is 5.91 Å². The van der Waals surface area contributed by atoms with Gasteiger partial charge in [-0.25, -0.2) is 19.2 Å². The van der Waals surface area contributed by atoms with E-state index in [2.05, 4.69) is 15.1 Å². The quantitative estimate of drug-likeness (QED) is 0.457. The zero-order valence-corrected chi connectivity index (χ0v) is 19.2. The van der Waals surface area contributed by atoms with Crippen LogP contribution in [0.1, 0.15) is 52.9 Å². The number of aromatic amines is 1. The van der Waals surface area contributed by atoms with E-state index in [0.717, 1.165) is 21.5 Å². The fourth-order valence-electron chi connectivity index (χ4n) is 4.19. The number of fused-ring (bicyclic) bond motifs is 2. The van der Waals surface area contributed by atoms with Gasteiger partial charge in [0.1, 0.15) is 17.1 Å². The van der Waals surface area contributed by atoms with Crippen LogP contribution in [0.25, 0.3) is 28.0 Å². The molecule has 1 aliphatic rings. The summed E-state index contributed by atoms with van der Waals surface area (Å²) in [5.74, 6) is -0.0825. The molecule has 3 aromatic heterocycles. The Morgan fingerprint density at radius 2 is 1.91 bits per heavy atom. The van der Waals surface area contributed by atoms with Crippen molar-refractivity contribution in [1.29, 1.82) is 0 Å². The van der Waals surface area contributed by atoms with Crippen molar-refractivity contribution in [2.45, 2.75) is 39.8 Å². The van der Waals surface area contributed by atoms with E-state index < -0.39 is 17.6 Å². The number of hydrogen-bond donors (Lipinski definition) is 1. The zero-order chi connectivity index (χ0) is 24.2. The van der Waals surface area contributed by atoms with Crippen LogP contribution in [0.15, 0.2) is 42.7 Å². The van der Waals surface area contributed by atoms with Crippen molar-refractivity contribution in [3.05, 3.63) is 65.2 Å². The molecule has 34 heavy (non-hydrogen) atoms. The molecule has 0 fully saturated rings. The maximum Gasteiger partial charge on any atom is 0.417 e. The largest absolute Gasteiger partial charge is 0.443 e. The lowest BCUT2D eigenvalue weighted by atomic mass is 9.93. The van der Waals surface area contributed by atoms with E-state index in [-0.39, 0.29) is 12.2 Å². The number of aldehydes is 1. The molecule has 1 aromatic carbocycles. The number of pyridine rings is 1. The molecule has 1 N–H and O–H groups in total. The number of rotatable bonds is 3. The second-order valence-corrected chi connectivity index (χ2v) is 9.19. The maximum absolute atomic E-state index is 13.6. The highest BCUT2D eigenvalue weighted by Crippen LogP contribution is 2.40. The summed E-state index contributed by atoms with van der Waals surface area (Å²) < 4.78 is 7.24. The maximum atomic E-state index is 13.6. The lowest BCUT2D eigenvalue weighted by Crippen LogP contribution is -2.37. The first kappa shape index (κ1) is 21.6. The third kappa shape index (κ3) is 3.45. The van der Waals surface area contributed by atoms with Crippen molar-refractivity contribution >= 4 is 23.8 Å². The van der Waals surface area contributed by atoms with Crippen LogP contribution in [0.2, 0.25) is 0 Å². The molecule has 9 nitrogen and oxygen atoms in total. The Hall–Kier alpha value is -4.27. The highest BCUT2D eigenvalue weighted by Gasteiger charge is 2.39. The average molecular weight is 457 g/mol. The van der Waals surface area contributed by atoms with Gasteiger partial charge < -0.3 is 9.72 Å². The number of carbonyl (C=O) groups excluding carboxylic acids is 3. The number of ether oxygens (including phenoxy) is 1. The standard InChI is InChI=1S/C25H23N5O4/c1-14-19(13-31)28-22(27-14)16-9-8-15(17-11-26-30-10-6-5-7-20(17)30)18-12-29(23(32)21(16)18)24(33)34-25(2,3)4/h5-11,13H,12H2,1-4H3,(H,27,28). The minimum Gasteiger partial charge on any atom is -0.443 e. The van der Waals surface area contributed by atoms with Gasteiger partial charge in [-0.2, -0.15) is 5.10 Å². The average Bonchev–Trinajstić information content (AvgIpc) is 3.47. The minimum atomic E-state index is -0.753. The molecule has 0 spiro atoms. The van der Waals surface area contributed by atoms with Crippen LogP contribution < -0.4 is 0 Å². The number of nitrogens with one attached hydrogen (secondary N) is 1. The van der Waals surface area contributed by atoms with Crippen LogP contribution in [0, 0.1) is 6.92 Å². The molecular weight excluding hydrogens is 434 g/mol. The van der Waals surface area contributed by atoms with Gasteiger partial charge in [0, 0.05) is 23.0 Å². The van der Waals surface area contributed by atoms with E-state index in [1.807, 2.05) is 30.5 Å². The number of carbonyl (C=O) groups is 3. The second-order valence-electron chi connectivity index (χ2n) is 9.19. The molecule has 0 atom stereocenters. The number of benzene rings is 1.